The highest BCUT2D eigenvalue weighted by molar-refractivity contribution is 5.81. The molecule has 0 aromatic rings. The van der Waals surface area contributed by atoms with E-state index in [1.165, 1.54) is 6.92 Å². The van der Waals surface area contributed by atoms with Crippen molar-refractivity contribution in [3.05, 3.63) is 4.91 Å². The first-order valence-corrected chi connectivity index (χ1v) is 2.92. The molecule has 1 unspecified atom stereocenters. The number of hydrogen-bond donors (Lipinski definition) is 0. The lowest BCUT2D eigenvalue weighted by atomic mass is 10.0. The van der Waals surface area contributed by atoms with Crippen molar-refractivity contribution in [2.24, 2.45) is 11.1 Å². The third kappa shape index (κ3) is 2.35. The van der Waals surface area contributed by atoms with E-state index in [1.54, 1.807) is 13.8 Å². The molecule has 52 valence electrons. The Morgan fingerprint density at radius 3 is 1.89 bits per heavy atom. The van der Waals surface area contributed by atoms with E-state index < -0.39 is 6.04 Å². The lowest BCUT2D eigenvalue weighted by Gasteiger charge is -2.06. The topological polar surface area (TPSA) is 46.5 Å². The molecular formula is C6H11NO2. The van der Waals surface area contributed by atoms with Crippen molar-refractivity contribution in [2.75, 3.05) is 0 Å². The fourth-order valence-electron chi connectivity index (χ4n) is 0.665. The van der Waals surface area contributed by atoms with Gasteiger partial charge in [0.1, 0.15) is 0 Å². The maximum Gasteiger partial charge on any atom is 0.158 e. The molecule has 0 saturated heterocycles. The van der Waals surface area contributed by atoms with Gasteiger partial charge in [-0.25, -0.2) is 0 Å². The van der Waals surface area contributed by atoms with E-state index in [-0.39, 0.29) is 11.7 Å². The van der Waals surface area contributed by atoms with Gasteiger partial charge in [0.25, 0.3) is 0 Å². The Hall–Kier alpha value is -0.730. The van der Waals surface area contributed by atoms with Crippen molar-refractivity contribution >= 4 is 5.78 Å². The van der Waals surface area contributed by atoms with Crippen LogP contribution in [0.15, 0.2) is 5.18 Å². The third-order valence-electron chi connectivity index (χ3n) is 1.16. The first-order chi connectivity index (χ1) is 4.09. The van der Waals surface area contributed by atoms with Gasteiger partial charge in [-0.3, -0.25) is 4.79 Å². The molecule has 0 aliphatic carbocycles. The van der Waals surface area contributed by atoms with Crippen LogP contribution < -0.4 is 0 Å². The summed E-state index contributed by atoms with van der Waals surface area (Å²) in [7, 11) is 0. The Morgan fingerprint density at radius 2 is 1.89 bits per heavy atom. The Bertz CT molecular complexity index is 120. The van der Waals surface area contributed by atoms with Crippen molar-refractivity contribution < 1.29 is 4.79 Å². The monoisotopic (exact) mass is 129 g/mol. The summed E-state index contributed by atoms with van der Waals surface area (Å²) in [5, 5.41) is 2.69. The molecule has 0 aliphatic heterocycles. The summed E-state index contributed by atoms with van der Waals surface area (Å²) < 4.78 is 0. The third-order valence-corrected chi connectivity index (χ3v) is 1.16. The smallest absolute Gasteiger partial charge is 0.158 e. The van der Waals surface area contributed by atoms with Crippen molar-refractivity contribution in [1.82, 2.24) is 0 Å². The molecule has 9 heavy (non-hydrogen) atoms. The number of hydrogen-bond acceptors (Lipinski definition) is 3. The number of nitrogens with zero attached hydrogens (tertiary/aromatic N) is 1. The van der Waals surface area contributed by atoms with Crippen LogP contribution in [0, 0.1) is 10.8 Å². The summed E-state index contributed by atoms with van der Waals surface area (Å²) in [6.45, 7) is 4.98. The summed E-state index contributed by atoms with van der Waals surface area (Å²) in [6.07, 6.45) is 0. The summed E-state index contributed by atoms with van der Waals surface area (Å²) in [5.74, 6) is -0.125. The molecule has 0 heterocycles. The number of rotatable bonds is 3. The summed E-state index contributed by atoms with van der Waals surface area (Å²) in [4.78, 5) is 20.4. The normalized spacial score (nSPS) is 13.3. The average Bonchev–Trinajstić information content (AvgIpc) is 1.64. The minimum atomic E-state index is -0.648. The number of ketones is 1. The largest absolute Gasteiger partial charge is 0.297 e. The van der Waals surface area contributed by atoms with Crippen molar-refractivity contribution in [1.29, 1.82) is 0 Å². The molecule has 0 fully saturated rings. The minimum Gasteiger partial charge on any atom is -0.297 e. The maximum absolute atomic E-state index is 10.5. The Kier molecular flexibility index (Phi) is 3.06. The van der Waals surface area contributed by atoms with Crippen LogP contribution in [0.2, 0.25) is 0 Å². The number of carbonyl (C=O) groups excluding carboxylic acids is 1. The molecule has 3 nitrogen and oxygen atoms in total. The molecule has 0 saturated carbocycles. The Morgan fingerprint density at radius 1 is 1.44 bits per heavy atom. The number of nitroso groups, excluding NO2 is 1. The standard InChI is InChI=1S/C6H11NO2/c1-4(2)6(7-9)5(3)8/h4,6H,1-3H3. The van der Waals surface area contributed by atoms with Gasteiger partial charge < -0.3 is 0 Å². The van der Waals surface area contributed by atoms with Crippen molar-refractivity contribution in [2.45, 2.75) is 26.8 Å². The first-order valence-electron chi connectivity index (χ1n) is 2.92. The molecular weight excluding hydrogens is 118 g/mol. The van der Waals surface area contributed by atoms with E-state index in [9.17, 15) is 9.70 Å². The summed E-state index contributed by atoms with van der Waals surface area (Å²) in [6, 6.07) is -0.648. The van der Waals surface area contributed by atoms with Gasteiger partial charge in [-0.2, -0.15) is 4.91 Å². The van der Waals surface area contributed by atoms with Crippen LogP contribution in [0.3, 0.4) is 0 Å². The van der Waals surface area contributed by atoms with Gasteiger partial charge in [0.15, 0.2) is 11.8 Å². The van der Waals surface area contributed by atoms with Crippen LogP contribution in [-0.4, -0.2) is 11.8 Å². The van der Waals surface area contributed by atoms with Gasteiger partial charge >= 0.3 is 0 Å². The summed E-state index contributed by atoms with van der Waals surface area (Å²) in [5.41, 5.74) is 0. The molecule has 0 radical (unpaired) electrons. The molecule has 1 atom stereocenters. The van der Waals surface area contributed by atoms with Crippen LogP contribution in [-0.2, 0) is 4.79 Å². The van der Waals surface area contributed by atoms with Crippen LogP contribution in [0.1, 0.15) is 20.8 Å². The summed E-state index contributed by atoms with van der Waals surface area (Å²) >= 11 is 0. The second-order valence-corrected chi connectivity index (χ2v) is 2.40. The van der Waals surface area contributed by atoms with Gasteiger partial charge in [0, 0.05) is 0 Å². The maximum atomic E-state index is 10.5. The lowest BCUT2D eigenvalue weighted by Crippen LogP contribution is -2.20. The van der Waals surface area contributed by atoms with E-state index >= 15 is 0 Å². The van der Waals surface area contributed by atoms with E-state index in [2.05, 4.69) is 5.18 Å². The van der Waals surface area contributed by atoms with Gasteiger partial charge in [0.2, 0.25) is 0 Å². The van der Waals surface area contributed by atoms with Crippen molar-refractivity contribution in [3.63, 3.8) is 0 Å². The number of carbonyl (C=O) groups is 1. The SMILES string of the molecule is CC(=O)C(N=O)C(C)C. The molecule has 0 amide bonds. The second-order valence-electron chi connectivity index (χ2n) is 2.40. The van der Waals surface area contributed by atoms with Crippen LogP contribution in [0.5, 0.6) is 0 Å². The molecule has 3 heteroatoms. The van der Waals surface area contributed by atoms with Crippen LogP contribution in [0.4, 0.5) is 0 Å². The highest BCUT2D eigenvalue weighted by Crippen LogP contribution is 2.05. The zero-order chi connectivity index (χ0) is 7.44. The molecule has 0 aromatic carbocycles. The van der Waals surface area contributed by atoms with E-state index in [1.807, 2.05) is 0 Å². The molecule has 0 N–H and O–H groups in total. The van der Waals surface area contributed by atoms with Gasteiger partial charge in [-0.05, 0) is 12.8 Å². The fourth-order valence-corrected chi connectivity index (χ4v) is 0.665. The minimum absolute atomic E-state index is 0.0278. The molecule has 0 aromatic heterocycles. The highest BCUT2D eigenvalue weighted by Gasteiger charge is 2.17. The Labute approximate surface area is 54.4 Å². The number of Topliss-reactive ketones (excluding diaryl/α,β-unsaturated/α-hetero) is 1. The predicted molar refractivity (Wildman–Crippen MR) is 35.1 cm³/mol. The average molecular weight is 129 g/mol. The van der Waals surface area contributed by atoms with Crippen LogP contribution >= 0.6 is 0 Å². The first kappa shape index (κ1) is 8.27. The molecule has 0 rings (SSSR count). The molecule has 0 bridgehead atoms. The van der Waals surface area contributed by atoms with Crippen LogP contribution in [0.25, 0.3) is 0 Å². The van der Waals surface area contributed by atoms with E-state index in [0.29, 0.717) is 0 Å². The highest BCUT2D eigenvalue weighted by atomic mass is 16.3. The quantitative estimate of drug-likeness (QED) is 0.540. The van der Waals surface area contributed by atoms with E-state index in [4.69, 9.17) is 0 Å². The fraction of sp³-hybridized carbons (Fsp3) is 0.833. The van der Waals surface area contributed by atoms with Gasteiger partial charge in [-0.15, -0.1) is 0 Å². The van der Waals surface area contributed by atoms with Gasteiger partial charge in [-0.1, -0.05) is 19.0 Å². The van der Waals surface area contributed by atoms with Crippen molar-refractivity contribution in [3.8, 4) is 0 Å². The van der Waals surface area contributed by atoms with Gasteiger partial charge in [0.05, 0.1) is 0 Å². The molecule has 0 spiro atoms. The zero-order valence-electron chi connectivity index (χ0n) is 5.92. The second kappa shape index (κ2) is 3.33. The zero-order valence-corrected chi connectivity index (χ0v) is 5.92. The Balaban J connectivity index is 3.98. The predicted octanol–water partition coefficient (Wildman–Crippen LogP) is 1.37. The van der Waals surface area contributed by atoms with E-state index in [0.717, 1.165) is 0 Å². The lowest BCUT2D eigenvalue weighted by molar-refractivity contribution is -0.118. The molecule has 0 aliphatic rings.